The molecule has 0 heterocycles. The van der Waals surface area contributed by atoms with Gasteiger partial charge in [-0.25, -0.2) is 0 Å². The van der Waals surface area contributed by atoms with Crippen molar-refractivity contribution in [1.29, 1.82) is 0 Å². The molecular weight excluding hydrogens is 285 g/mol. The van der Waals surface area contributed by atoms with Crippen LogP contribution in [0, 0.1) is 0 Å². The molecule has 7 heteroatoms. The number of carbonyl (C=O) groups is 1. The molecule has 0 atom stereocenters. The van der Waals surface area contributed by atoms with Gasteiger partial charge in [-0.2, -0.15) is 13.2 Å². The number of nitrogens with zero attached hydrogens (tertiary/aromatic N) is 1. The lowest BCUT2D eigenvalue weighted by molar-refractivity contribution is -0.161. The van der Waals surface area contributed by atoms with E-state index in [4.69, 9.17) is 10.5 Å². The number of anilines is 1. The number of ether oxygens (including phenoxy) is 1. The molecule has 4 nitrogen and oxygen atoms in total. The number of alkyl halides is 3. The van der Waals surface area contributed by atoms with Crippen LogP contribution in [0.3, 0.4) is 0 Å². The van der Waals surface area contributed by atoms with Gasteiger partial charge in [0.2, 0.25) is 5.91 Å². The Kier molecular flexibility index (Phi) is 6.33. The third kappa shape index (κ3) is 6.87. The van der Waals surface area contributed by atoms with E-state index in [9.17, 15) is 18.0 Å². The largest absolute Gasteiger partial charge is 0.493 e. The maximum absolute atomic E-state index is 12.4. The molecule has 0 saturated heterocycles. The van der Waals surface area contributed by atoms with E-state index in [0.29, 0.717) is 17.9 Å². The molecule has 0 unspecified atom stereocenters. The molecule has 21 heavy (non-hydrogen) atoms. The molecular formula is C14H19F3N2O2. The van der Waals surface area contributed by atoms with Gasteiger partial charge in [0.15, 0.2) is 0 Å². The van der Waals surface area contributed by atoms with Gasteiger partial charge in [-0.1, -0.05) is 6.92 Å². The van der Waals surface area contributed by atoms with Gasteiger partial charge in [0.1, 0.15) is 12.3 Å². The monoisotopic (exact) mass is 304 g/mol. The van der Waals surface area contributed by atoms with Gasteiger partial charge < -0.3 is 15.4 Å². The zero-order valence-corrected chi connectivity index (χ0v) is 11.8. The van der Waals surface area contributed by atoms with Crippen molar-refractivity contribution in [3.8, 4) is 5.75 Å². The first-order valence-corrected chi connectivity index (χ1v) is 6.64. The average molecular weight is 304 g/mol. The van der Waals surface area contributed by atoms with Crippen LogP contribution in [0.15, 0.2) is 24.3 Å². The number of hydrogen-bond acceptors (Lipinski definition) is 3. The average Bonchev–Trinajstić information content (AvgIpc) is 2.39. The standard InChI is InChI=1S/C14H19F3N2O2/c1-2-8-19(10-14(15,16)17)13(20)7-9-21-12-5-3-11(18)4-6-12/h3-6H,2,7-10,18H2,1H3. The second-order valence-electron chi connectivity index (χ2n) is 4.60. The number of nitrogens with two attached hydrogens (primary N) is 1. The molecule has 1 amide bonds. The third-order valence-electron chi connectivity index (χ3n) is 2.68. The molecule has 118 valence electrons. The second kappa shape index (κ2) is 7.75. The van der Waals surface area contributed by atoms with Gasteiger partial charge in [0, 0.05) is 12.2 Å². The molecule has 0 spiro atoms. The molecule has 0 aliphatic rings. The van der Waals surface area contributed by atoms with E-state index < -0.39 is 18.6 Å². The first-order chi connectivity index (χ1) is 9.81. The zero-order chi connectivity index (χ0) is 15.9. The second-order valence-corrected chi connectivity index (χ2v) is 4.60. The van der Waals surface area contributed by atoms with Crippen molar-refractivity contribution < 1.29 is 22.7 Å². The Labute approximate surface area is 121 Å². The molecule has 1 aromatic rings. The van der Waals surface area contributed by atoms with Crippen molar-refractivity contribution in [2.75, 3.05) is 25.4 Å². The van der Waals surface area contributed by atoms with Crippen molar-refractivity contribution in [3.05, 3.63) is 24.3 Å². The van der Waals surface area contributed by atoms with Crippen LogP contribution in [0.25, 0.3) is 0 Å². The predicted molar refractivity (Wildman–Crippen MR) is 73.9 cm³/mol. The first-order valence-electron chi connectivity index (χ1n) is 6.64. The molecule has 2 N–H and O–H groups in total. The number of benzene rings is 1. The summed E-state index contributed by atoms with van der Waals surface area (Å²) in [5.74, 6) is -0.0421. The Balaban J connectivity index is 2.44. The van der Waals surface area contributed by atoms with Gasteiger partial charge in [-0.15, -0.1) is 0 Å². The number of halogens is 3. The van der Waals surface area contributed by atoms with Gasteiger partial charge in [0.25, 0.3) is 0 Å². The fourth-order valence-corrected chi connectivity index (χ4v) is 1.76. The summed E-state index contributed by atoms with van der Waals surface area (Å²) in [6.45, 7) is 0.615. The minimum absolute atomic E-state index is 0.0286. The molecule has 1 rings (SSSR count). The molecule has 0 aliphatic heterocycles. The van der Waals surface area contributed by atoms with E-state index in [2.05, 4.69) is 0 Å². The lowest BCUT2D eigenvalue weighted by Gasteiger charge is -2.23. The zero-order valence-electron chi connectivity index (χ0n) is 11.8. The SMILES string of the molecule is CCCN(CC(F)(F)F)C(=O)CCOc1ccc(N)cc1. The van der Waals surface area contributed by atoms with Crippen LogP contribution < -0.4 is 10.5 Å². The Morgan fingerprint density at radius 2 is 1.90 bits per heavy atom. The van der Waals surface area contributed by atoms with E-state index in [1.807, 2.05) is 0 Å². The van der Waals surface area contributed by atoms with E-state index >= 15 is 0 Å². The molecule has 0 bridgehead atoms. The maximum atomic E-state index is 12.4. The van der Waals surface area contributed by atoms with Crippen molar-refractivity contribution in [3.63, 3.8) is 0 Å². The van der Waals surface area contributed by atoms with Crippen molar-refractivity contribution in [2.24, 2.45) is 0 Å². The Hall–Kier alpha value is -1.92. The van der Waals surface area contributed by atoms with Crippen LogP contribution in [0.2, 0.25) is 0 Å². The van der Waals surface area contributed by atoms with Gasteiger partial charge >= 0.3 is 6.18 Å². The van der Waals surface area contributed by atoms with Crippen molar-refractivity contribution in [1.82, 2.24) is 4.90 Å². The third-order valence-corrected chi connectivity index (χ3v) is 2.68. The van der Waals surface area contributed by atoms with Crippen molar-refractivity contribution in [2.45, 2.75) is 25.9 Å². The summed E-state index contributed by atoms with van der Waals surface area (Å²) in [5.41, 5.74) is 6.09. The maximum Gasteiger partial charge on any atom is 0.406 e. The highest BCUT2D eigenvalue weighted by atomic mass is 19.4. The van der Waals surface area contributed by atoms with E-state index in [0.717, 1.165) is 4.90 Å². The lowest BCUT2D eigenvalue weighted by Crippen LogP contribution is -2.39. The Bertz CT molecular complexity index is 447. The van der Waals surface area contributed by atoms with E-state index in [1.54, 1.807) is 31.2 Å². The van der Waals surface area contributed by atoms with E-state index in [-0.39, 0.29) is 19.6 Å². The van der Waals surface area contributed by atoms with E-state index in [1.165, 1.54) is 0 Å². The fourth-order valence-electron chi connectivity index (χ4n) is 1.76. The number of carbonyl (C=O) groups excluding carboxylic acids is 1. The molecule has 0 fully saturated rings. The Morgan fingerprint density at radius 3 is 2.43 bits per heavy atom. The van der Waals surface area contributed by atoms with Crippen LogP contribution in [0.4, 0.5) is 18.9 Å². The predicted octanol–water partition coefficient (Wildman–Crippen LogP) is 2.84. The number of rotatable bonds is 7. The van der Waals surface area contributed by atoms with Crippen LogP contribution >= 0.6 is 0 Å². The smallest absolute Gasteiger partial charge is 0.406 e. The summed E-state index contributed by atoms with van der Waals surface area (Å²) in [4.78, 5) is 12.6. The fraction of sp³-hybridized carbons (Fsp3) is 0.500. The summed E-state index contributed by atoms with van der Waals surface area (Å²) in [7, 11) is 0. The summed E-state index contributed by atoms with van der Waals surface area (Å²) in [6, 6.07) is 6.56. The van der Waals surface area contributed by atoms with Crippen LogP contribution in [-0.4, -0.2) is 36.7 Å². The summed E-state index contributed by atoms with van der Waals surface area (Å²) >= 11 is 0. The summed E-state index contributed by atoms with van der Waals surface area (Å²) < 4.78 is 42.4. The molecule has 0 aliphatic carbocycles. The molecule has 1 aromatic carbocycles. The minimum atomic E-state index is -4.39. The molecule has 0 aromatic heterocycles. The highest BCUT2D eigenvalue weighted by molar-refractivity contribution is 5.76. The topological polar surface area (TPSA) is 55.6 Å². The highest BCUT2D eigenvalue weighted by Gasteiger charge is 2.32. The van der Waals surface area contributed by atoms with Crippen LogP contribution in [0.1, 0.15) is 19.8 Å². The summed E-state index contributed by atoms with van der Waals surface area (Å²) in [6.07, 6.45) is -4.01. The van der Waals surface area contributed by atoms with Gasteiger partial charge in [-0.3, -0.25) is 4.79 Å². The van der Waals surface area contributed by atoms with Gasteiger partial charge in [-0.05, 0) is 30.7 Å². The minimum Gasteiger partial charge on any atom is -0.493 e. The van der Waals surface area contributed by atoms with Crippen LogP contribution in [0.5, 0.6) is 5.75 Å². The number of nitrogen functional groups attached to an aromatic ring is 1. The van der Waals surface area contributed by atoms with Crippen LogP contribution in [-0.2, 0) is 4.79 Å². The normalized spacial score (nSPS) is 11.2. The quantitative estimate of drug-likeness (QED) is 0.788. The molecule has 0 radical (unpaired) electrons. The summed E-state index contributed by atoms with van der Waals surface area (Å²) in [5, 5.41) is 0. The number of hydrogen-bond donors (Lipinski definition) is 1. The number of amides is 1. The molecule has 0 saturated carbocycles. The Morgan fingerprint density at radius 1 is 1.29 bits per heavy atom. The lowest BCUT2D eigenvalue weighted by atomic mass is 10.3. The van der Waals surface area contributed by atoms with Crippen molar-refractivity contribution >= 4 is 11.6 Å². The highest BCUT2D eigenvalue weighted by Crippen LogP contribution is 2.18. The van der Waals surface area contributed by atoms with Gasteiger partial charge in [0.05, 0.1) is 13.0 Å². The first kappa shape index (κ1) is 17.1.